The van der Waals surface area contributed by atoms with Crippen molar-refractivity contribution in [2.45, 2.75) is 25.3 Å². The maximum Gasteiger partial charge on any atom is 0.0944 e. The molecule has 0 spiro atoms. The number of benzene rings is 5. The van der Waals surface area contributed by atoms with Crippen LogP contribution in [0.15, 0.2) is 126 Å². The summed E-state index contributed by atoms with van der Waals surface area (Å²) in [5.41, 5.74) is 10.8. The standard InChI is InChI=1S/C37H28N2/c1-37(2)31-12-6-5-11-29(31)30-20-18-26(22-32(30)37)36-35(38-33-13-7-8-14-34(33)39-36)25-17-19-28-24(21-25)16-15-23-9-3-4-10-27(23)28/h3-22,34,39H,1-2H3. The molecule has 2 aliphatic carbocycles. The Kier molecular flexibility index (Phi) is 4.66. The van der Waals surface area contributed by atoms with Gasteiger partial charge in [-0.15, -0.1) is 0 Å². The van der Waals surface area contributed by atoms with Gasteiger partial charge in [-0.25, -0.2) is 4.99 Å². The fourth-order valence-corrected chi connectivity index (χ4v) is 6.62. The van der Waals surface area contributed by atoms with Gasteiger partial charge in [0.2, 0.25) is 0 Å². The average Bonchev–Trinajstić information content (AvgIpc) is 3.22. The van der Waals surface area contributed by atoms with Gasteiger partial charge in [0.05, 0.1) is 23.1 Å². The van der Waals surface area contributed by atoms with E-state index >= 15 is 0 Å². The second-order valence-electron chi connectivity index (χ2n) is 11.3. The Balaban J connectivity index is 1.33. The molecule has 1 aliphatic heterocycles. The minimum Gasteiger partial charge on any atom is -0.371 e. The lowest BCUT2D eigenvalue weighted by Crippen LogP contribution is -2.37. The number of hydrogen-bond acceptors (Lipinski definition) is 2. The van der Waals surface area contributed by atoms with Crippen LogP contribution in [0.2, 0.25) is 0 Å². The van der Waals surface area contributed by atoms with Crippen molar-refractivity contribution in [3.05, 3.63) is 144 Å². The molecule has 186 valence electrons. The van der Waals surface area contributed by atoms with E-state index < -0.39 is 0 Å². The van der Waals surface area contributed by atoms with Gasteiger partial charge in [-0.3, -0.25) is 0 Å². The van der Waals surface area contributed by atoms with Crippen LogP contribution in [0.25, 0.3) is 44.1 Å². The van der Waals surface area contributed by atoms with Crippen molar-refractivity contribution in [3.8, 4) is 11.1 Å². The smallest absolute Gasteiger partial charge is 0.0944 e. The van der Waals surface area contributed by atoms with Crippen LogP contribution in [0.1, 0.15) is 36.1 Å². The molecule has 2 nitrogen and oxygen atoms in total. The van der Waals surface area contributed by atoms with Gasteiger partial charge in [-0.1, -0.05) is 117 Å². The zero-order valence-electron chi connectivity index (χ0n) is 22.1. The zero-order valence-corrected chi connectivity index (χ0v) is 22.1. The Hall–Kier alpha value is -4.69. The van der Waals surface area contributed by atoms with Gasteiger partial charge in [-0.05, 0) is 62.0 Å². The molecule has 0 saturated carbocycles. The van der Waals surface area contributed by atoms with Crippen molar-refractivity contribution >= 4 is 38.7 Å². The first-order chi connectivity index (χ1) is 19.1. The van der Waals surface area contributed by atoms with Crippen LogP contribution in [-0.4, -0.2) is 11.8 Å². The third-order valence-corrected chi connectivity index (χ3v) is 8.67. The molecule has 2 heteroatoms. The number of nitrogens with zero attached hydrogens (tertiary/aromatic N) is 1. The second-order valence-corrected chi connectivity index (χ2v) is 11.3. The molecule has 0 bridgehead atoms. The predicted octanol–water partition coefficient (Wildman–Crippen LogP) is 8.66. The van der Waals surface area contributed by atoms with Crippen LogP contribution < -0.4 is 5.32 Å². The van der Waals surface area contributed by atoms with E-state index in [1.54, 1.807) is 0 Å². The summed E-state index contributed by atoms with van der Waals surface area (Å²) in [6.07, 6.45) is 8.48. The maximum absolute atomic E-state index is 5.27. The van der Waals surface area contributed by atoms with Crippen molar-refractivity contribution in [2.24, 2.45) is 4.99 Å². The topological polar surface area (TPSA) is 24.4 Å². The molecule has 0 aromatic heterocycles. The SMILES string of the molecule is CC1(C)c2ccccc2-c2ccc(C3=C(c4ccc5c(ccc6ccccc65)c4)N=C4C=CC=CC4N3)cc21. The van der Waals surface area contributed by atoms with Gasteiger partial charge in [0.15, 0.2) is 0 Å². The van der Waals surface area contributed by atoms with Gasteiger partial charge in [0.25, 0.3) is 0 Å². The molecule has 1 unspecified atom stereocenters. The van der Waals surface area contributed by atoms with Gasteiger partial charge in [0.1, 0.15) is 0 Å². The summed E-state index contributed by atoms with van der Waals surface area (Å²) in [6, 6.07) is 35.6. The van der Waals surface area contributed by atoms with Gasteiger partial charge >= 0.3 is 0 Å². The van der Waals surface area contributed by atoms with E-state index in [1.807, 2.05) is 0 Å². The molecule has 0 fully saturated rings. The lowest BCUT2D eigenvalue weighted by Gasteiger charge is -2.29. The molecule has 1 atom stereocenters. The van der Waals surface area contributed by atoms with E-state index in [-0.39, 0.29) is 11.5 Å². The summed E-state index contributed by atoms with van der Waals surface area (Å²) in [6.45, 7) is 4.67. The molecule has 0 amide bonds. The number of aliphatic imine (C=N–C) groups is 1. The number of rotatable bonds is 2. The van der Waals surface area contributed by atoms with Gasteiger partial charge in [-0.2, -0.15) is 0 Å². The van der Waals surface area contributed by atoms with Crippen LogP contribution >= 0.6 is 0 Å². The zero-order chi connectivity index (χ0) is 26.1. The Morgan fingerprint density at radius 1 is 0.667 bits per heavy atom. The Labute approximate surface area is 228 Å². The fourth-order valence-electron chi connectivity index (χ4n) is 6.62. The summed E-state index contributed by atoms with van der Waals surface area (Å²) in [5, 5.41) is 8.89. The van der Waals surface area contributed by atoms with Crippen LogP contribution in [-0.2, 0) is 5.41 Å². The van der Waals surface area contributed by atoms with Crippen LogP contribution in [0.3, 0.4) is 0 Å². The fraction of sp³-hybridized carbons (Fsp3) is 0.108. The number of hydrogen-bond donors (Lipinski definition) is 1. The van der Waals surface area contributed by atoms with Crippen molar-refractivity contribution < 1.29 is 0 Å². The molecule has 8 rings (SSSR count). The first-order valence-electron chi connectivity index (χ1n) is 13.7. The van der Waals surface area contributed by atoms with E-state index in [9.17, 15) is 0 Å². The molecule has 1 N–H and O–H groups in total. The summed E-state index contributed by atoms with van der Waals surface area (Å²) in [4.78, 5) is 5.27. The maximum atomic E-state index is 5.27. The van der Waals surface area contributed by atoms with Crippen molar-refractivity contribution in [3.63, 3.8) is 0 Å². The largest absolute Gasteiger partial charge is 0.371 e. The van der Waals surface area contributed by atoms with E-state index in [0.717, 1.165) is 22.7 Å². The number of nitrogens with one attached hydrogen (secondary N) is 1. The van der Waals surface area contributed by atoms with Gasteiger partial charge in [0, 0.05) is 16.5 Å². The minimum absolute atomic E-state index is 0.0523. The van der Waals surface area contributed by atoms with Crippen LogP contribution in [0, 0.1) is 0 Å². The minimum atomic E-state index is -0.0523. The number of allylic oxidation sites excluding steroid dienone is 2. The summed E-state index contributed by atoms with van der Waals surface area (Å²) in [5.74, 6) is 0. The Bertz CT molecular complexity index is 1970. The third-order valence-electron chi connectivity index (χ3n) is 8.67. The molecular formula is C37H28N2. The highest BCUT2D eigenvalue weighted by Crippen LogP contribution is 2.49. The second kappa shape index (κ2) is 8.15. The van der Waals surface area contributed by atoms with Crippen molar-refractivity contribution in [1.29, 1.82) is 0 Å². The highest BCUT2D eigenvalue weighted by molar-refractivity contribution is 6.12. The molecule has 1 heterocycles. The highest BCUT2D eigenvalue weighted by Gasteiger charge is 2.36. The molecular weight excluding hydrogens is 472 g/mol. The third kappa shape index (κ3) is 3.31. The Morgan fingerprint density at radius 2 is 1.44 bits per heavy atom. The van der Waals surface area contributed by atoms with E-state index in [1.165, 1.54) is 49.4 Å². The van der Waals surface area contributed by atoms with Crippen molar-refractivity contribution in [2.75, 3.05) is 0 Å². The summed E-state index contributed by atoms with van der Waals surface area (Å²) >= 11 is 0. The normalized spacial score (nSPS) is 18.5. The first-order valence-corrected chi connectivity index (χ1v) is 13.7. The van der Waals surface area contributed by atoms with E-state index in [4.69, 9.17) is 4.99 Å². The summed E-state index contributed by atoms with van der Waals surface area (Å²) in [7, 11) is 0. The lowest BCUT2D eigenvalue weighted by molar-refractivity contribution is 0.660. The predicted molar refractivity (Wildman–Crippen MR) is 165 cm³/mol. The molecule has 39 heavy (non-hydrogen) atoms. The molecule has 0 radical (unpaired) electrons. The summed E-state index contributed by atoms with van der Waals surface area (Å²) < 4.78 is 0. The monoisotopic (exact) mass is 500 g/mol. The van der Waals surface area contributed by atoms with Crippen molar-refractivity contribution in [1.82, 2.24) is 5.32 Å². The van der Waals surface area contributed by atoms with Crippen LogP contribution in [0.4, 0.5) is 0 Å². The van der Waals surface area contributed by atoms with E-state index in [2.05, 4.69) is 141 Å². The lowest BCUT2D eigenvalue weighted by atomic mass is 9.81. The molecule has 5 aromatic carbocycles. The average molecular weight is 501 g/mol. The first kappa shape index (κ1) is 22.3. The quantitative estimate of drug-likeness (QED) is 0.241. The van der Waals surface area contributed by atoms with Crippen LogP contribution in [0.5, 0.6) is 0 Å². The molecule has 5 aromatic rings. The van der Waals surface area contributed by atoms with Gasteiger partial charge < -0.3 is 5.32 Å². The number of fused-ring (bicyclic) bond motifs is 7. The highest BCUT2D eigenvalue weighted by atomic mass is 15.0. The Morgan fingerprint density at radius 3 is 2.38 bits per heavy atom. The van der Waals surface area contributed by atoms with E-state index in [0.29, 0.717) is 0 Å². The molecule has 0 saturated heterocycles. The molecule has 3 aliphatic rings.